The van der Waals surface area contributed by atoms with E-state index in [1.807, 2.05) is 36.4 Å². The van der Waals surface area contributed by atoms with Crippen LogP contribution in [0.1, 0.15) is 41.5 Å². The minimum Gasteiger partial charge on any atom is -0.543 e. The highest BCUT2D eigenvalue weighted by molar-refractivity contribution is 6.75. The number of hydrogen-bond donors (Lipinski definition) is 0. The summed E-state index contributed by atoms with van der Waals surface area (Å²) in [6, 6.07) is 15.9. The molecule has 0 aliphatic carbocycles. The van der Waals surface area contributed by atoms with Gasteiger partial charge in [-0.25, -0.2) is 4.79 Å². The quantitative estimate of drug-likeness (QED) is 0.157. The molecule has 0 aliphatic heterocycles. The molecule has 0 N–H and O–H groups in total. The van der Waals surface area contributed by atoms with Crippen LogP contribution in [0.3, 0.4) is 0 Å². The summed E-state index contributed by atoms with van der Waals surface area (Å²) < 4.78 is 19.5. The van der Waals surface area contributed by atoms with Crippen molar-refractivity contribution in [2.75, 3.05) is 0 Å². The van der Waals surface area contributed by atoms with E-state index in [1.54, 1.807) is 0 Å². The Balaban J connectivity index is 2.11. The fourth-order valence-corrected chi connectivity index (χ4v) is 5.80. The molecule has 0 aliphatic rings. The molecular formula is C29H38O4Si2. The van der Waals surface area contributed by atoms with Crippen LogP contribution >= 0.6 is 0 Å². The first-order valence-corrected chi connectivity index (χ1v) is 18.1. The van der Waals surface area contributed by atoms with Gasteiger partial charge in [-0.05, 0) is 53.1 Å². The Morgan fingerprint density at radius 3 is 1.94 bits per heavy atom. The molecule has 0 saturated heterocycles. The molecule has 0 spiro atoms. The Hall–Kier alpha value is -2.58. The first-order valence-electron chi connectivity index (χ1n) is 12.3. The van der Waals surface area contributed by atoms with E-state index in [-0.39, 0.29) is 15.7 Å². The van der Waals surface area contributed by atoms with Crippen molar-refractivity contribution in [1.82, 2.24) is 0 Å². The van der Waals surface area contributed by atoms with Crippen LogP contribution in [0.2, 0.25) is 36.3 Å². The normalized spacial score (nSPS) is 13.5. The smallest absolute Gasteiger partial charge is 0.344 e. The maximum atomic E-state index is 13.1. The lowest BCUT2D eigenvalue weighted by atomic mass is 9.99. The van der Waals surface area contributed by atoms with E-state index in [0.717, 1.165) is 27.3 Å². The molecular weight excluding hydrogens is 468 g/mol. The summed E-state index contributed by atoms with van der Waals surface area (Å²) in [4.78, 5) is 13.1. The van der Waals surface area contributed by atoms with E-state index < -0.39 is 16.6 Å². The van der Waals surface area contributed by atoms with E-state index in [4.69, 9.17) is 13.3 Å². The molecule has 1 aromatic heterocycles. The monoisotopic (exact) mass is 506 g/mol. The molecule has 4 aromatic rings. The highest BCUT2D eigenvalue weighted by Crippen LogP contribution is 2.45. The van der Waals surface area contributed by atoms with E-state index in [2.05, 4.69) is 79.9 Å². The second-order valence-electron chi connectivity index (χ2n) is 12.6. The van der Waals surface area contributed by atoms with Crippen molar-refractivity contribution in [2.45, 2.75) is 77.8 Å². The number of fused-ring (bicyclic) bond motifs is 5. The van der Waals surface area contributed by atoms with Crippen LogP contribution in [0.15, 0.2) is 57.7 Å². The van der Waals surface area contributed by atoms with Crippen LogP contribution in [0.5, 0.6) is 11.5 Å². The molecule has 4 rings (SSSR count). The molecule has 35 heavy (non-hydrogen) atoms. The van der Waals surface area contributed by atoms with E-state index in [9.17, 15) is 4.79 Å². The summed E-state index contributed by atoms with van der Waals surface area (Å²) >= 11 is 0. The van der Waals surface area contributed by atoms with Crippen molar-refractivity contribution in [3.63, 3.8) is 0 Å². The Labute approximate surface area is 210 Å². The zero-order valence-corrected chi connectivity index (χ0v) is 24.8. The predicted octanol–water partition coefficient (Wildman–Crippen LogP) is 8.87. The predicted molar refractivity (Wildman–Crippen MR) is 153 cm³/mol. The van der Waals surface area contributed by atoms with Crippen LogP contribution in [-0.4, -0.2) is 16.6 Å². The molecule has 0 unspecified atom stereocenters. The zero-order valence-electron chi connectivity index (χ0n) is 22.8. The van der Waals surface area contributed by atoms with Gasteiger partial charge in [-0.2, -0.15) is 0 Å². The number of benzene rings is 3. The molecule has 0 atom stereocenters. The van der Waals surface area contributed by atoms with Gasteiger partial charge in [0.25, 0.3) is 8.32 Å². The molecule has 4 nitrogen and oxygen atoms in total. The van der Waals surface area contributed by atoms with Crippen molar-refractivity contribution in [2.24, 2.45) is 0 Å². The lowest BCUT2D eigenvalue weighted by Gasteiger charge is -2.38. The van der Waals surface area contributed by atoms with Gasteiger partial charge in [0.05, 0.1) is 10.8 Å². The van der Waals surface area contributed by atoms with Crippen molar-refractivity contribution in [1.29, 1.82) is 0 Å². The van der Waals surface area contributed by atoms with Crippen molar-refractivity contribution >= 4 is 49.1 Å². The van der Waals surface area contributed by atoms with Crippen LogP contribution in [0, 0.1) is 0 Å². The third kappa shape index (κ3) is 4.54. The Bertz CT molecular complexity index is 1480. The molecule has 186 valence electrons. The summed E-state index contributed by atoms with van der Waals surface area (Å²) in [5.41, 5.74) is 0.157. The van der Waals surface area contributed by atoms with Crippen molar-refractivity contribution in [3.8, 4) is 11.5 Å². The van der Waals surface area contributed by atoms with Gasteiger partial charge in [-0.3, -0.25) is 0 Å². The second-order valence-corrected chi connectivity index (χ2v) is 22.1. The lowest BCUT2D eigenvalue weighted by molar-refractivity contribution is 0.474. The van der Waals surface area contributed by atoms with Gasteiger partial charge in [0.2, 0.25) is 8.32 Å². The van der Waals surface area contributed by atoms with Gasteiger partial charge in [-0.15, -0.1) is 0 Å². The molecule has 0 amide bonds. The van der Waals surface area contributed by atoms with Gasteiger partial charge < -0.3 is 13.3 Å². The molecule has 3 aromatic carbocycles. The SMILES string of the molecule is CC(C)(C)[Si](C)(C)Oc1cc(O[Si](C)(C)C(C)(C)C)c2c(c1)oc(=O)c1ccc3ccccc3c12. The Morgan fingerprint density at radius 2 is 1.31 bits per heavy atom. The van der Waals surface area contributed by atoms with Gasteiger partial charge in [0.1, 0.15) is 17.1 Å². The second kappa shape index (κ2) is 8.24. The number of rotatable bonds is 4. The van der Waals surface area contributed by atoms with E-state index in [1.165, 1.54) is 0 Å². The highest BCUT2D eigenvalue weighted by Gasteiger charge is 2.41. The van der Waals surface area contributed by atoms with Crippen LogP contribution in [-0.2, 0) is 0 Å². The third-order valence-electron chi connectivity index (χ3n) is 7.99. The summed E-state index contributed by atoms with van der Waals surface area (Å²) in [7, 11) is -4.34. The minimum absolute atomic E-state index is 0.00308. The third-order valence-corrected chi connectivity index (χ3v) is 16.7. The standard InChI is InChI=1S/C29H38O4Si2/c1-28(2,3)34(7,8)32-20-17-23-26(24(18-20)33-35(9,10)29(4,5)6)25-21-14-12-11-13-19(21)15-16-22(25)27(30)31-23/h11-18H,1-10H3. The first-order chi connectivity index (χ1) is 16.0. The Kier molecular flexibility index (Phi) is 6.00. The van der Waals surface area contributed by atoms with Crippen LogP contribution < -0.4 is 14.5 Å². The summed E-state index contributed by atoms with van der Waals surface area (Å²) in [6.07, 6.45) is 0. The lowest BCUT2D eigenvalue weighted by Crippen LogP contribution is -2.44. The maximum Gasteiger partial charge on any atom is 0.344 e. The van der Waals surface area contributed by atoms with Gasteiger partial charge >= 0.3 is 5.63 Å². The van der Waals surface area contributed by atoms with Crippen molar-refractivity contribution in [3.05, 3.63) is 59.0 Å². The largest absolute Gasteiger partial charge is 0.543 e. The summed E-state index contributed by atoms with van der Waals surface area (Å²) in [6.45, 7) is 22.2. The van der Waals surface area contributed by atoms with E-state index >= 15 is 0 Å². The molecule has 0 radical (unpaired) electrons. The van der Waals surface area contributed by atoms with Crippen LogP contribution in [0.4, 0.5) is 0 Å². The van der Waals surface area contributed by atoms with Crippen molar-refractivity contribution < 1.29 is 13.3 Å². The summed E-state index contributed by atoms with van der Waals surface area (Å²) in [5, 5.41) is 4.40. The van der Waals surface area contributed by atoms with E-state index in [0.29, 0.717) is 16.7 Å². The average molecular weight is 507 g/mol. The van der Waals surface area contributed by atoms with Crippen LogP contribution in [0.25, 0.3) is 32.5 Å². The molecule has 0 saturated carbocycles. The fraction of sp³-hybridized carbons (Fsp3) is 0.414. The Morgan fingerprint density at radius 1 is 0.714 bits per heavy atom. The fourth-order valence-electron chi connectivity index (χ4n) is 3.77. The highest BCUT2D eigenvalue weighted by atomic mass is 28.4. The molecule has 6 heteroatoms. The first kappa shape index (κ1) is 25.5. The maximum absolute atomic E-state index is 13.1. The van der Waals surface area contributed by atoms with Gasteiger partial charge in [0.15, 0.2) is 0 Å². The summed E-state index contributed by atoms with van der Waals surface area (Å²) in [5.74, 6) is 1.42. The van der Waals surface area contributed by atoms with Gasteiger partial charge in [0, 0.05) is 17.5 Å². The topological polar surface area (TPSA) is 48.7 Å². The van der Waals surface area contributed by atoms with Gasteiger partial charge in [-0.1, -0.05) is 71.9 Å². The minimum atomic E-state index is -2.21. The molecule has 0 bridgehead atoms. The average Bonchev–Trinajstić information content (AvgIpc) is 2.71. The zero-order chi connectivity index (χ0) is 26.0. The number of hydrogen-bond acceptors (Lipinski definition) is 4. The molecule has 1 heterocycles. The molecule has 0 fully saturated rings.